The van der Waals surface area contributed by atoms with E-state index in [1.165, 1.54) is 0 Å². The lowest BCUT2D eigenvalue weighted by atomic mass is 10.0. The predicted molar refractivity (Wildman–Crippen MR) is 128 cm³/mol. The van der Waals surface area contributed by atoms with Gasteiger partial charge in [0.25, 0.3) is 5.91 Å². The van der Waals surface area contributed by atoms with Crippen molar-refractivity contribution in [1.82, 2.24) is 9.97 Å². The van der Waals surface area contributed by atoms with Crippen molar-refractivity contribution in [2.75, 3.05) is 10.2 Å². The van der Waals surface area contributed by atoms with Crippen molar-refractivity contribution in [3.63, 3.8) is 0 Å². The van der Waals surface area contributed by atoms with Crippen LogP contribution in [0.2, 0.25) is 5.15 Å². The van der Waals surface area contributed by atoms with E-state index < -0.39 is 6.17 Å². The first-order valence-corrected chi connectivity index (χ1v) is 10.7. The summed E-state index contributed by atoms with van der Waals surface area (Å²) in [6, 6.07) is 29.0. The maximum Gasteiger partial charge on any atom is 0.264 e. The molecule has 5 nitrogen and oxygen atoms in total. The number of pyridine rings is 2. The Hall–Kier alpha value is -3.96. The standard InChI is InChI=1S/C26H17ClN4O/c27-23-19(14-16-8-4-6-12-21(16)28-23)25-30-24-20(15-17-9-5-7-13-22(17)29-24)26(32)31(25)18-10-2-1-3-11-18/h1-15,25H,(H,29,30)/t25-/m0/s1. The Kier molecular flexibility index (Phi) is 4.30. The van der Waals surface area contributed by atoms with Crippen LogP contribution in [-0.2, 0) is 0 Å². The highest BCUT2D eigenvalue weighted by Gasteiger charge is 2.36. The molecule has 1 aliphatic rings. The second-order valence-electron chi connectivity index (χ2n) is 7.70. The number of aromatic nitrogens is 2. The second kappa shape index (κ2) is 7.32. The number of hydrogen-bond donors (Lipinski definition) is 1. The molecular formula is C26H17ClN4O. The number of hydrogen-bond acceptors (Lipinski definition) is 4. The average molecular weight is 437 g/mol. The molecule has 0 saturated carbocycles. The van der Waals surface area contributed by atoms with Gasteiger partial charge >= 0.3 is 0 Å². The van der Waals surface area contributed by atoms with Gasteiger partial charge in [-0.3, -0.25) is 9.69 Å². The Morgan fingerprint density at radius 2 is 1.41 bits per heavy atom. The van der Waals surface area contributed by atoms with Crippen molar-refractivity contribution in [3.8, 4) is 0 Å². The minimum Gasteiger partial charge on any atom is -0.345 e. The monoisotopic (exact) mass is 436 g/mol. The zero-order valence-corrected chi connectivity index (χ0v) is 17.6. The van der Waals surface area contributed by atoms with Crippen LogP contribution in [0.25, 0.3) is 21.8 Å². The van der Waals surface area contributed by atoms with Gasteiger partial charge in [0.05, 0.1) is 16.6 Å². The molecule has 6 heteroatoms. The van der Waals surface area contributed by atoms with Gasteiger partial charge in [0, 0.05) is 22.0 Å². The third kappa shape index (κ3) is 2.98. The van der Waals surface area contributed by atoms with Crippen molar-refractivity contribution in [2.24, 2.45) is 0 Å². The lowest BCUT2D eigenvalue weighted by Gasteiger charge is -2.38. The molecule has 3 aromatic carbocycles. The van der Waals surface area contributed by atoms with E-state index >= 15 is 0 Å². The van der Waals surface area contributed by atoms with E-state index in [0.29, 0.717) is 22.1 Å². The fourth-order valence-electron chi connectivity index (χ4n) is 4.20. The minimum absolute atomic E-state index is 0.141. The van der Waals surface area contributed by atoms with Crippen LogP contribution >= 0.6 is 11.6 Å². The van der Waals surface area contributed by atoms with Crippen LogP contribution in [0.5, 0.6) is 0 Å². The van der Waals surface area contributed by atoms with Crippen molar-refractivity contribution < 1.29 is 4.79 Å². The fraction of sp³-hybridized carbons (Fsp3) is 0.0385. The third-order valence-electron chi connectivity index (χ3n) is 5.74. The van der Waals surface area contributed by atoms with E-state index in [-0.39, 0.29) is 5.91 Å². The SMILES string of the molecule is O=C1c2cc3ccccc3nc2N[C@H](c2cc3ccccc3nc2Cl)N1c1ccccc1. The quantitative estimate of drug-likeness (QED) is 0.334. The van der Waals surface area contributed by atoms with Crippen molar-refractivity contribution in [2.45, 2.75) is 6.17 Å². The Morgan fingerprint density at radius 1 is 0.781 bits per heavy atom. The van der Waals surface area contributed by atoms with Gasteiger partial charge in [0.2, 0.25) is 0 Å². The van der Waals surface area contributed by atoms with Crippen molar-refractivity contribution in [1.29, 1.82) is 0 Å². The number of nitrogens with zero attached hydrogens (tertiary/aromatic N) is 3. The molecule has 1 atom stereocenters. The summed E-state index contributed by atoms with van der Waals surface area (Å²) in [5.41, 5.74) is 3.62. The molecule has 32 heavy (non-hydrogen) atoms. The number of fused-ring (bicyclic) bond motifs is 3. The zero-order chi connectivity index (χ0) is 21.7. The van der Waals surface area contributed by atoms with Crippen LogP contribution in [0.3, 0.4) is 0 Å². The topological polar surface area (TPSA) is 58.1 Å². The molecule has 0 spiro atoms. The molecule has 0 aliphatic carbocycles. The Balaban J connectivity index is 1.58. The zero-order valence-electron chi connectivity index (χ0n) is 16.9. The second-order valence-corrected chi connectivity index (χ2v) is 8.05. The van der Waals surface area contributed by atoms with Crippen LogP contribution in [0.15, 0.2) is 91.0 Å². The highest BCUT2D eigenvalue weighted by molar-refractivity contribution is 6.31. The molecule has 5 aromatic rings. The third-order valence-corrected chi connectivity index (χ3v) is 6.04. The highest BCUT2D eigenvalue weighted by atomic mass is 35.5. The largest absolute Gasteiger partial charge is 0.345 e. The summed E-state index contributed by atoms with van der Waals surface area (Å²) < 4.78 is 0. The summed E-state index contributed by atoms with van der Waals surface area (Å²) in [5, 5.41) is 5.67. The summed E-state index contributed by atoms with van der Waals surface area (Å²) >= 11 is 6.65. The number of nitrogens with one attached hydrogen (secondary N) is 1. The van der Waals surface area contributed by atoms with E-state index in [0.717, 1.165) is 27.5 Å². The van der Waals surface area contributed by atoms with Gasteiger partial charge in [-0.2, -0.15) is 0 Å². The number of amides is 1. The molecule has 1 N–H and O–H groups in total. The van der Waals surface area contributed by atoms with Gasteiger partial charge in [-0.15, -0.1) is 0 Å². The number of carbonyl (C=O) groups is 1. The number of halogens is 1. The number of para-hydroxylation sites is 3. The summed E-state index contributed by atoms with van der Waals surface area (Å²) in [4.78, 5) is 24.8. The Morgan fingerprint density at radius 3 is 2.16 bits per heavy atom. The molecule has 3 heterocycles. The molecule has 1 aliphatic heterocycles. The molecule has 6 rings (SSSR count). The summed E-state index contributed by atoms with van der Waals surface area (Å²) in [6.07, 6.45) is -0.560. The Labute approximate surface area is 189 Å². The van der Waals surface area contributed by atoms with Gasteiger partial charge in [-0.25, -0.2) is 9.97 Å². The lowest BCUT2D eigenvalue weighted by molar-refractivity contribution is 0.0974. The molecule has 0 radical (unpaired) electrons. The molecule has 2 aromatic heterocycles. The fourth-order valence-corrected chi connectivity index (χ4v) is 4.45. The number of benzene rings is 3. The first-order valence-electron chi connectivity index (χ1n) is 10.3. The molecule has 0 bridgehead atoms. The summed E-state index contributed by atoms with van der Waals surface area (Å²) in [5.74, 6) is 0.396. The van der Waals surface area contributed by atoms with Crippen LogP contribution < -0.4 is 10.2 Å². The molecule has 0 saturated heterocycles. The first kappa shape index (κ1) is 18.8. The van der Waals surface area contributed by atoms with Crippen LogP contribution in [0, 0.1) is 0 Å². The normalized spacial score (nSPS) is 15.6. The number of anilines is 2. The van der Waals surface area contributed by atoms with Crippen LogP contribution in [0.4, 0.5) is 11.5 Å². The van der Waals surface area contributed by atoms with Crippen molar-refractivity contribution in [3.05, 3.63) is 107 Å². The van der Waals surface area contributed by atoms with E-state index in [9.17, 15) is 4.79 Å². The molecule has 154 valence electrons. The van der Waals surface area contributed by atoms with E-state index in [2.05, 4.69) is 10.3 Å². The summed E-state index contributed by atoms with van der Waals surface area (Å²) in [7, 11) is 0. The average Bonchev–Trinajstić information content (AvgIpc) is 2.83. The first-order chi connectivity index (χ1) is 15.7. The van der Waals surface area contributed by atoms with Crippen molar-refractivity contribution >= 4 is 50.8 Å². The maximum absolute atomic E-state index is 13.8. The van der Waals surface area contributed by atoms with Crippen LogP contribution in [0.1, 0.15) is 22.1 Å². The van der Waals surface area contributed by atoms with Gasteiger partial charge < -0.3 is 5.32 Å². The molecular weight excluding hydrogens is 420 g/mol. The van der Waals surface area contributed by atoms with E-state index in [1.807, 2.05) is 91.0 Å². The number of carbonyl (C=O) groups excluding carboxylic acids is 1. The van der Waals surface area contributed by atoms with Gasteiger partial charge in [-0.05, 0) is 36.4 Å². The van der Waals surface area contributed by atoms with Gasteiger partial charge in [0.1, 0.15) is 17.1 Å². The lowest BCUT2D eigenvalue weighted by Crippen LogP contribution is -2.43. The molecule has 0 fully saturated rings. The van der Waals surface area contributed by atoms with Gasteiger partial charge in [0.15, 0.2) is 0 Å². The minimum atomic E-state index is -0.560. The molecule has 1 amide bonds. The predicted octanol–water partition coefficient (Wildman–Crippen LogP) is 6.21. The Bertz CT molecular complexity index is 1500. The van der Waals surface area contributed by atoms with Crippen LogP contribution in [-0.4, -0.2) is 15.9 Å². The number of rotatable bonds is 2. The maximum atomic E-state index is 13.8. The van der Waals surface area contributed by atoms with E-state index in [4.69, 9.17) is 16.6 Å². The molecule has 0 unspecified atom stereocenters. The highest BCUT2D eigenvalue weighted by Crippen LogP contribution is 2.39. The smallest absolute Gasteiger partial charge is 0.264 e. The summed E-state index contributed by atoms with van der Waals surface area (Å²) in [6.45, 7) is 0. The van der Waals surface area contributed by atoms with Gasteiger partial charge in [-0.1, -0.05) is 66.2 Å². The van der Waals surface area contributed by atoms with E-state index in [1.54, 1.807) is 4.90 Å².